The molecule has 18 nitrogen and oxygen atoms in total. The van der Waals surface area contributed by atoms with Crippen molar-refractivity contribution >= 4 is 59.8 Å². The molecule has 3 aliphatic heterocycles. The predicted octanol–water partition coefficient (Wildman–Crippen LogP) is 1.53. The lowest BCUT2D eigenvalue weighted by Crippen LogP contribution is -2.36. The van der Waals surface area contributed by atoms with Gasteiger partial charge in [-0.25, -0.2) is 24.5 Å². The van der Waals surface area contributed by atoms with E-state index >= 15 is 0 Å². The Bertz CT molecular complexity index is 2060. The van der Waals surface area contributed by atoms with Crippen molar-refractivity contribution in [2.24, 2.45) is 0 Å². The first-order valence-electron chi connectivity index (χ1n) is 15.7. The highest BCUT2D eigenvalue weighted by molar-refractivity contribution is 8.44. The number of aryl methyl sites for hydroxylation is 2. The third-order valence-corrected chi connectivity index (χ3v) is 12.3. The van der Waals surface area contributed by atoms with Crippen molar-refractivity contribution in [2.75, 3.05) is 19.8 Å². The van der Waals surface area contributed by atoms with E-state index in [1.165, 1.54) is 28.1 Å². The van der Waals surface area contributed by atoms with Crippen LogP contribution in [0.15, 0.2) is 30.0 Å². The maximum absolute atomic E-state index is 13.7. The Morgan fingerprint density at radius 2 is 1.82 bits per heavy atom. The van der Waals surface area contributed by atoms with Crippen LogP contribution in [-0.4, -0.2) is 99.1 Å². The van der Waals surface area contributed by atoms with Gasteiger partial charge in [-0.3, -0.25) is 27.5 Å². The number of hydrogen-bond acceptors (Lipinski definition) is 15. The molecule has 2 bridgehead atoms. The van der Waals surface area contributed by atoms with E-state index in [0.29, 0.717) is 5.65 Å². The van der Waals surface area contributed by atoms with Gasteiger partial charge in [0.2, 0.25) is 0 Å². The smallest absolute Gasteiger partial charge is 0.386 e. The molecule has 3 fully saturated rings. The molecule has 0 saturated carbocycles. The molecule has 264 valence electrons. The maximum atomic E-state index is 13.7. The molecule has 0 spiro atoms. The molecule has 0 radical (unpaired) electrons. The lowest BCUT2D eigenvalue weighted by atomic mass is 10.1. The van der Waals surface area contributed by atoms with Gasteiger partial charge in [-0.15, -0.1) is 0 Å². The minimum Gasteiger partial charge on any atom is -0.395 e. The summed E-state index contributed by atoms with van der Waals surface area (Å²) in [6.45, 7) is -9.10. The van der Waals surface area contributed by atoms with Crippen molar-refractivity contribution in [2.45, 2.75) is 81.6 Å². The average molecular weight is 758 g/mol. The molecule has 2 unspecified atom stereocenters. The van der Waals surface area contributed by atoms with E-state index in [2.05, 4.69) is 32.2 Å². The van der Waals surface area contributed by atoms with Crippen molar-refractivity contribution in [1.29, 1.82) is 0 Å². The van der Waals surface area contributed by atoms with Crippen molar-refractivity contribution in [3.05, 3.63) is 46.8 Å². The van der Waals surface area contributed by atoms with Crippen LogP contribution in [0.2, 0.25) is 0 Å². The number of thiol groups is 1. The molecular formula is C27H33N7O11P2S2. The molecule has 4 aromatic rings. The number of fused-ring (bicyclic) bond motifs is 4. The lowest BCUT2D eigenvalue weighted by Gasteiger charge is -2.27. The second kappa shape index (κ2) is 13.1. The molecule has 8 rings (SSSR count). The Hall–Kier alpha value is -2.16. The van der Waals surface area contributed by atoms with Crippen LogP contribution >= 0.6 is 25.8 Å². The highest BCUT2D eigenvalue weighted by Gasteiger charge is 2.50. The molecule has 7 heterocycles. The molecule has 3 saturated heterocycles. The van der Waals surface area contributed by atoms with Crippen LogP contribution < -0.4 is 5.56 Å². The van der Waals surface area contributed by atoms with E-state index in [9.17, 15) is 24.5 Å². The Kier molecular flexibility index (Phi) is 9.09. The van der Waals surface area contributed by atoms with Gasteiger partial charge < -0.3 is 33.7 Å². The quantitative estimate of drug-likeness (QED) is 0.171. The van der Waals surface area contributed by atoms with Crippen LogP contribution in [0, 0.1) is 0 Å². The average Bonchev–Trinajstić information content (AvgIpc) is 3.79. The van der Waals surface area contributed by atoms with Crippen LogP contribution in [0.1, 0.15) is 43.0 Å². The van der Waals surface area contributed by atoms with Crippen LogP contribution in [0.5, 0.6) is 0 Å². The molecule has 22 heteroatoms. The summed E-state index contributed by atoms with van der Waals surface area (Å²) in [5, 5.41) is 21.8. The standard InChI is InChI=1S/C27H33N7O11P2S2/c35-6-5-32-12-31-24-20(25(32)37)30-13-34(24)26-17-7-15(42-26)9-40-47(39,49)45-22-18(10-41-46(38,48)44-17)43-27(21(22)36)33-8-14-3-1-2-4-16-19(14)23(33)29-11-28-16/h8,11-13,15,17-18,21-22,26-27,35-36H,1-7,9-10H2,(H,38,48)(H,39,49)/t15-,17+,18+,21+,22+,26+,27+,46?,47?/m0/s1. The first-order chi connectivity index (χ1) is 23.5. The fraction of sp³-hybridized carbons (Fsp3) is 0.593. The minimum absolute atomic E-state index is 0.0250. The van der Waals surface area contributed by atoms with Crippen molar-refractivity contribution in [3.8, 4) is 0 Å². The van der Waals surface area contributed by atoms with Gasteiger partial charge in [-0.2, -0.15) is 0 Å². The number of aromatic nitrogens is 7. The number of hydrogen-bond donors (Lipinski definition) is 4. The number of rotatable bonds is 4. The molecular weight excluding hydrogens is 724 g/mol. The largest absolute Gasteiger partial charge is 0.395 e. The normalized spacial score (nSPS) is 35.5. The highest BCUT2D eigenvalue weighted by atomic mass is 32.7. The predicted molar refractivity (Wildman–Crippen MR) is 176 cm³/mol. The zero-order valence-corrected chi connectivity index (χ0v) is 29.2. The highest BCUT2D eigenvalue weighted by Crippen LogP contribution is 2.58. The van der Waals surface area contributed by atoms with Gasteiger partial charge in [0.1, 0.15) is 42.7 Å². The van der Waals surface area contributed by atoms with Gasteiger partial charge in [0.05, 0.1) is 44.5 Å². The lowest BCUT2D eigenvalue weighted by molar-refractivity contribution is -0.0581. The van der Waals surface area contributed by atoms with Gasteiger partial charge in [0, 0.05) is 18.0 Å². The Labute approximate surface area is 288 Å². The summed E-state index contributed by atoms with van der Waals surface area (Å²) in [6.07, 6.45) is 2.15. The number of aliphatic hydroxyl groups is 2. The van der Waals surface area contributed by atoms with Crippen LogP contribution in [0.3, 0.4) is 0 Å². The molecule has 9 atom stereocenters. The molecule has 1 aliphatic carbocycles. The topological polar surface area (TPSA) is 217 Å². The van der Waals surface area contributed by atoms with E-state index in [1.807, 2.05) is 6.20 Å². The van der Waals surface area contributed by atoms with Crippen molar-refractivity contribution < 1.29 is 47.2 Å². The van der Waals surface area contributed by atoms with Crippen LogP contribution in [-0.2, 0) is 63.3 Å². The Balaban J connectivity index is 1.08. The molecule has 4 aromatic heterocycles. The summed E-state index contributed by atoms with van der Waals surface area (Å²) >= 11 is 9.60. The van der Waals surface area contributed by atoms with Gasteiger partial charge in [-0.1, -0.05) is 12.2 Å². The molecule has 4 aliphatic rings. The van der Waals surface area contributed by atoms with Gasteiger partial charge in [0.25, 0.3) is 5.56 Å². The summed E-state index contributed by atoms with van der Waals surface area (Å²) < 4.78 is 53.8. The number of ether oxygens (including phenoxy) is 2. The SMILES string of the molecule is O=c1c2ncn([C@@H]3O[C@@H]4COP(O)(=S)O[C@H]5[C@@H](O)[C@H](n6cc7c8c(ncnc86)CCCC7)O[C@@H]5COP(=O)(S)O[C@@H]3C4)c2ncn1CCO. The Morgan fingerprint density at radius 3 is 2.65 bits per heavy atom. The van der Waals surface area contributed by atoms with E-state index in [1.54, 1.807) is 4.57 Å². The van der Waals surface area contributed by atoms with Gasteiger partial charge in [-0.05, 0) is 43.1 Å². The van der Waals surface area contributed by atoms with Crippen LogP contribution in [0.25, 0.3) is 22.2 Å². The first kappa shape index (κ1) is 34.0. The molecule has 3 N–H and O–H groups in total. The zero-order chi connectivity index (χ0) is 34.1. The summed E-state index contributed by atoms with van der Waals surface area (Å²) in [5.41, 5.74) is 2.25. The second-order valence-corrected chi connectivity index (χ2v) is 17.9. The summed E-state index contributed by atoms with van der Waals surface area (Å²) in [6, 6.07) is 0. The maximum Gasteiger partial charge on any atom is 0.386 e. The summed E-state index contributed by atoms with van der Waals surface area (Å²) in [7, 11) is 0. The van der Waals surface area contributed by atoms with Crippen LogP contribution in [0.4, 0.5) is 0 Å². The van der Waals surface area contributed by atoms with E-state index in [-0.39, 0.29) is 37.3 Å². The van der Waals surface area contributed by atoms with Gasteiger partial charge >= 0.3 is 13.5 Å². The van der Waals surface area contributed by atoms with E-state index < -0.39 is 68.7 Å². The van der Waals surface area contributed by atoms with E-state index in [4.69, 9.17) is 39.4 Å². The fourth-order valence-corrected chi connectivity index (χ4v) is 9.87. The number of nitrogens with zero attached hydrogens (tertiary/aromatic N) is 7. The zero-order valence-electron chi connectivity index (χ0n) is 25.7. The third kappa shape index (κ3) is 6.34. The third-order valence-electron chi connectivity index (χ3n) is 9.12. The number of imidazole rings is 1. The van der Waals surface area contributed by atoms with E-state index in [0.717, 1.165) is 42.3 Å². The second-order valence-electron chi connectivity index (χ2n) is 12.3. The molecule has 49 heavy (non-hydrogen) atoms. The van der Waals surface area contributed by atoms with Crippen molar-refractivity contribution in [3.63, 3.8) is 0 Å². The Morgan fingerprint density at radius 1 is 0.980 bits per heavy atom. The van der Waals surface area contributed by atoms with Gasteiger partial charge in [0.15, 0.2) is 23.6 Å². The first-order valence-corrected chi connectivity index (χ1v) is 21.0. The summed E-state index contributed by atoms with van der Waals surface area (Å²) in [4.78, 5) is 41.5. The fourth-order valence-electron chi connectivity index (χ4n) is 6.92. The minimum atomic E-state index is -4.16. The monoisotopic (exact) mass is 757 g/mol. The summed E-state index contributed by atoms with van der Waals surface area (Å²) in [5.74, 6) is 0. The molecule has 0 amide bonds. The molecule has 0 aromatic carbocycles. The van der Waals surface area contributed by atoms with Crippen molar-refractivity contribution in [1.82, 2.24) is 33.6 Å². The number of aliphatic hydroxyl groups excluding tert-OH is 2.